The molecule has 0 atom stereocenters. The highest BCUT2D eigenvalue weighted by atomic mass is 79.9. The molecular formula is C25H30BrFN4O2. The molecule has 1 aromatic heterocycles. The van der Waals surface area contributed by atoms with E-state index >= 15 is 0 Å². The van der Waals surface area contributed by atoms with Crippen LogP contribution in [0, 0.1) is 5.82 Å². The molecule has 1 heterocycles. The fourth-order valence-electron chi connectivity index (χ4n) is 3.77. The van der Waals surface area contributed by atoms with Gasteiger partial charge in [0.1, 0.15) is 11.6 Å². The number of aromatic nitrogens is 2. The minimum Gasteiger partial charge on any atom is -0.496 e. The molecule has 0 aliphatic heterocycles. The number of imidazole rings is 1. The van der Waals surface area contributed by atoms with Crippen LogP contribution >= 0.6 is 15.9 Å². The van der Waals surface area contributed by atoms with Crippen molar-refractivity contribution in [2.45, 2.75) is 33.1 Å². The molecule has 3 aromatic rings. The van der Waals surface area contributed by atoms with E-state index in [9.17, 15) is 9.18 Å². The topological polar surface area (TPSA) is 70.2 Å². The standard InChI is InChI=1S/C25H30BrFN4O2/c1-4-31(5-2)14-13-19-16-28-25(29-19)30-24(32)21-7-6-8-22(27)20(21)11-9-17-15-18(26)10-12-23(17)33-3/h6-8,10,12,15-16H,4-5,9,11,13-14H2,1-3H3,(H2,28,29,30,32). The van der Waals surface area contributed by atoms with Gasteiger partial charge in [-0.25, -0.2) is 9.37 Å². The second-order valence-electron chi connectivity index (χ2n) is 7.71. The Morgan fingerprint density at radius 1 is 1.18 bits per heavy atom. The van der Waals surface area contributed by atoms with E-state index < -0.39 is 11.7 Å². The SMILES string of the molecule is CCN(CC)CCc1cnc(NC(=O)c2cccc(F)c2CCc2cc(Br)ccc2OC)[nH]1. The van der Waals surface area contributed by atoms with Crippen LogP contribution in [0.3, 0.4) is 0 Å². The van der Waals surface area contributed by atoms with Crippen molar-refractivity contribution in [2.24, 2.45) is 0 Å². The van der Waals surface area contributed by atoms with E-state index in [2.05, 4.69) is 50.0 Å². The van der Waals surface area contributed by atoms with Crippen molar-refractivity contribution in [1.29, 1.82) is 0 Å². The van der Waals surface area contributed by atoms with Gasteiger partial charge in [-0.1, -0.05) is 35.8 Å². The van der Waals surface area contributed by atoms with E-state index in [0.717, 1.165) is 47.5 Å². The van der Waals surface area contributed by atoms with E-state index in [4.69, 9.17) is 4.74 Å². The van der Waals surface area contributed by atoms with Gasteiger partial charge < -0.3 is 14.6 Å². The molecule has 0 bridgehead atoms. The average molecular weight is 517 g/mol. The summed E-state index contributed by atoms with van der Waals surface area (Å²) in [6.45, 7) is 7.15. The van der Waals surface area contributed by atoms with Gasteiger partial charge in [-0.05, 0) is 61.8 Å². The number of hydrogen-bond acceptors (Lipinski definition) is 4. The Morgan fingerprint density at radius 3 is 2.70 bits per heavy atom. The molecule has 1 amide bonds. The highest BCUT2D eigenvalue weighted by Gasteiger charge is 2.17. The first-order valence-electron chi connectivity index (χ1n) is 11.1. The molecule has 176 valence electrons. The van der Waals surface area contributed by atoms with Gasteiger partial charge >= 0.3 is 0 Å². The lowest BCUT2D eigenvalue weighted by Crippen LogP contribution is -2.25. The molecule has 2 N–H and O–H groups in total. The van der Waals surface area contributed by atoms with Crippen molar-refractivity contribution < 1.29 is 13.9 Å². The molecule has 0 unspecified atom stereocenters. The zero-order valence-electron chi connectivity index (χ0n) is 19.3. The lowest BCUT2D eigenvalue weighted by molar-refractivity contribution is 0.102. The van der Waals surface area contributed by atoms with Gasteiger partial charge in [0.15, 0.2) is 0 Å². The summed E-state index contributed by atoms with van der Waals surface area (Å²) >= 11 is 3.46. The predicted molar refractivity (Wildman–Crippen MR) is 133 cm³/mol. The number of methoxy groups -OCH3 is 1. The van der Waals surface area contributed by atoms with Crippen LogP contribution in [-0.2, 0) is 19.3 Å². The van der Waals surface area contributed by atoms with Crippen LogP contribution < -0.4 is 10.1 Å². The van der Waals surface area contributed by atoms with Crippen molar-refractivity contribution >= 4 is 27.8 Å². The summed E-state index contributed by atoms with van der Waals surface area (Å²) in [4.78, 5) is 22.7. The highest BCUT2D eigenvalue weighted by molar-refractivity contribution is 9.10. The number of carbonyl (C=O) groups is 1. The summed E-state index contributed by atoms with van der Waals surface area (Å²) in [7, 11) is 1.61. The Bertz CT molecular complexity index is 1080. The molecule has 0 radical (unpaired) electrons. The number of hydrogen-bond donors (Lipinski definition) is 2. The van der Waals surface area contributed by atoms with Crippen LogP contribution in [-0.4, -0.2) is 47.5 Å². The van der Waals surface area contributed by atoms with E-state index in [1.807, 2.05) is 18.2 Å². The van der Waals surface area contributed by atoms with Gasteiger partial charge in [-0.15, -0.1) is 0 Å². The van der Waals surface area contributed by atoms with Crippen molar-refractivity contribution in [3.05, 3.63) is 75.3 Å². The molecule has 0 saturated heterocycles. The second kappa shape index (κ2) is 12.0. The number of nitrogens with zero attached hydrogens (tertiary/aromatic N) is 2. The maximum Gasteiger partial charge on any atom is 0.258 e. The Hall–Kier alpha value is -2.71. The number of carbonyl (C=O) groups excluding carboxylic acids is 1. The van der Waals surface area contributed by atoms with Crippen molar-refractivity contribution in [3.8, 4) is 5.75 Å². The first-order chi connectivity index (χ1) is 15.9. The van der Waals surface area contributed by atoms with Crippen LogP contribution in [0.15, 0.2) is 47.1 Å². The maximum atomic E-state index is 14.7. The third-order valence-electron chi connectivity index (χ3n) is 5.70. The minimum absolute atomic E-state index is 0.296. The summed E-state index contributed by atoms with van der Waals surface area (Å²) in [5.74, 6) is 0.290. The number of aryl methyl sites for hydroxylation is 1. The highest BCUT2D eigenvalue weighted by Crippen LogP contribution is 2.26. The molecule has 8 heteroatoms. The van der Waals surface area contributed by atoms with Gasteiger partial charge in [-0.3, -0.25) is 10.1 Å². The summed E-state index contributed by atoms with van der Waals surface area (Å²) in [6, 6.07) is 10.3. The number of anilines is 1. The molecule has 0 saturated carbocycles. The summed E-state index contributed by atoms with van der Waals surface area (Å²) in [5, 5.41) is 2.77. The number of halogens is 2. The number of aromatic amines is 1. The predicted octanol–water partition coefficient (Wildman–Crippen LogP) is 5.24. The van der Waals surface area contributed by atoms with Gasteiger partial charge in [0.25, 0.3) is 5.91 Å². The minimum atomic E-state index is -0.407. The number of likely N-dealkylation sites (N-methyl/N-ethyl adjacent to an activating group) is 1. The number of nitrogens with one attached hydrogen (secondary N) is 2. The van der Waals surface area contributed by atoms with E-state index in [1.54, 1.807) is 25.4 Å². The fraction of sp³-hybridized carbons (Fsp3) is 0.360. The van der Waals surface area contributed by atoms with Gasteiger partial charge in [-0.2, -0.15) is 0 Å². The molecule has 33 heavy (non-hydrogen) atoms. The zero-order valence-corrected chi connectivity index (χ0v) is 20.8. The first kappa shape index (κ1) is 24.9. The molecule has 0 spiro atoms. The van der Waals surface area contributed by atoms with Crippen LogP contribution in [0.5, 0.6) is 5.75 Å². The second-order valence-corrected chi connectivity index (χ2v) is 8.63. The maximum absolute atomic E-state index is 14.7. The zero-order chi connectivity index (χ0) is 23.8. The van der Waals surface area contributed by atoms with Crippen LogP contribution in [0.4, 0.5) is 10.3 Å². The number of ether oxygens (including phenoxy) is 1. The average Bonchev–Trinajstić information content (AvgIpc) is 3.26. The summed E-state index contributed by atoms with van der Waals surface area (Å²) < 4.78 is 21.0. The van der Waals surface area contributed by atoms with Crippen molar-refractivity contribution in [1.82, 2.24) is 14.9 Å². The van der Waals surface area contributed by atoms with E-state index in [1.165, 1.54) is 6.07 Å². The molecule has 6 nitrogen and oxygen atoms in total. The van der Waals surface area contributed by atoms with Gasteiger partial charge in [0, 0.05) is 34.3 Å². The molecule has 0 aliphatic carbocycles. The first-order valence-corrected chi connectivity index (χ1v) is 11.9. The normalized spacial score (nSPS) is 11.1. The van der Waals surface area contributed by atoms with Gasteiger partial charge in [0.2, 0.25) is 5.95 Å². The third kappa shape index (κ3) is 6.65. The number of H-pyrrole nitrogens is 1. The van der Waals surface area contributed by atoms with E-state index in [0.29, 0.717) is 29.9 Å². The lowest BCUT2D eigenvalue weighted by atomic mass is 9.98. The quantitative estimate of drug-likeness (QED) is 0.365. The Kier molecular flexibility index (Phi) is 9.03. The van der Waals surface area contributed by atoms with Crippen LogP contribution in [0.2, 0.25) is 0 Å². The summed E-state index contributed by atoms with van der Waals surface area (Å²) in [6.07, 6.45) is 3.42. The van der Waals surface area contributed by atoms with Gasteiger partial charge in [0.05, 0.1) is 13.3 Å². The Labute approximate surface area is 202 Å². The summed E-state index contributed by atoms with van der Waals surface area (Å²) in [5.41, 5.74) is 2.54. The van der Waals surface area contributed by atoms with E-state index in [-0.39, 0.29) is 0 Å². The van der Waals surface area contributed by atoms with Crippen LogP contribution in [0.25, 0.3) is 0 Å². The van der Waals surface area contributed by atoms with Crippen molar-refractivity contribution in [2.75, 3.05) is 32.1 Å². The molecule has 3 rings (SSSR count). The van der Waals surface area contributed by atoms with Crippen LogP contribution in [0.1, 0.15) is 41.0 Å². The number of benzene rings is 2. The Morgan fingerprint density at radius 2 is 1.97 bits per heavy atom. The molecular weight excluding hydrogens is 487 g/mol. The Balaban J connectivity index is 1.71. The molecule has 0 aliphatic rings. The monoisotopic (exact) mass is 516 g/mol. The fourth-order valence-corrected chi connectivity index (χ4v) is 4.18. The van der Waals surface area contributed by atoms with Crippen molar-refractivity contribution in [3.63, 3.8) is 0 Å². The molecule has 2 aromatic carbocycles. The number of rotatable bonds is 11. The largest absolute Gasteiger partial charge is 0.496 e. The third-order valence-corrected chi connectivity index (χ3v) is 6.20. The molecule has 0 fully saturated rings. The lowest BCUT2D eigenvalue weighted by Gasteiger charge is -2.16. The smallest absolute Gasteiger partial charge is 0.258 e. The number of amides is 1.